The van der Waals surface area contributed by atoms with Crippen LogP contribution in [0.4, 0.5) is 23.2 Å². The van der Waals surface area contributed by atoms with Crippen LogP contribution in [-0.4, -0.2) is 48.0 Å². The third-order valence-electron chi connectivity index (χ3n) is 7.47. The zero-order chi connectivity index (χ0) is 32.2. The summed E-state index contributed by atoms with van der Waals surface area (Å²) in [5, 5.41) is 13.9. The van der Waals surface area contributed by atoms with E-state index in [0.29, 0.717) is 35.4 Å². The first kappa shape index (κ1) is 33.2. The number of hydrogen-bond donors (Lipinski definition) is 3. The Morgan fingerprint density at radius 1 is 1.11 bits per heavy atom. The Bertz CT molecular complexity index is 1420. The van der Waals surface area contributed by atoms with Crippen molar-refractivity contribution in [1.82, 2.24) is 5.32 Å². The predicted molar refractivity (Wildman–Crippen MR) is 160 cm³/mol. The Morgan fingerprint density at radius 2 is 1.77 bits per heavy atom. The summed E-state index contributed by atoms with van der Waals surface area (Å²) in [6.07, 6.45) is 5.10. The summed E-state index contributed by atoms with van der Waals surface area (Å²) in [5.41, 5.74) is 4.54. The van der Waals surface area contributed by atoms with Gasteiger partial charge in [0.15, 0.2) is 12.0 Å². The van der Waals surface area contributed by atoms with E-state index in [-0.39, 0.29) is 24.1 Å². The average Bonchev–Trinajstić information content (AvgIpc) is 3.44. The molecular formula is C33H39F4N3O4. The van der Waals surface area contributed by atoms with Gasteiger partial charge in [-0.2, -0.15) is 0 Å². The Balaban J connectivity index is 1.49. The van der Waals surface area contributed by atoms with Crippen LogP contribution in [0.1, 0.15) is 62.4 Å². The van der Waals surface area contributed by atoms with E-state index in [2.05, 4.69) is 11.9 Å². The maximum atomic E-state index is 15.4. The summed E-state index contributed by atoms with van der Waals surface area (Å²) in [6, 6.07) is 4.27. The lowest BCUT2D eigenvalue weighted by Gasteiger charge is -2.33. The van der Waals surface area contributed by atoms with Crippen molar-refractivity contribution in [3.63, 3.8) is 0 Å². The molecule has 0 unspecified atom stereocenters. The van der Waals surface area contributed by atoms with Crippen molar-refractivity contribution in [1.29, 1.82) is 0 Å². The van der Waals surface area contributed by atoms with Crippen LogP contribution in [0, 0.1) is 23.3 Å². The lowest BCUT2D eigenvalue weighted by Crippen LogP contribution is -2.41. The number of rotatable bonds is 12. The highest BCUT2D eigenvalue weighted by Gasteiger charge is 2.32. The van der Waals surface area contributed by atoms with Gasteiger partial charge in [-0.25, -0.2) is 17.6 Å². The van der Waals surface area contributed by atoms with E-state index in [0.717, 1.165) is 62.1 Å². The van der Waals surface area contributed by atoms with E-state index < -0.39 is 58.0 Å². The summed E-state index contributed by atoms with van der Waals surface area (Å²) in [7, 11) is 0. The smallest absolute Gasteiger partial charge is 0.199 e. The number of ketones is 1. The molecule has 4 N–H and O–H groups in total. The van der Waals surface area contributed by atoms with Crippen LogP contribution in [0.3, 0.4) is 0 Å². The Labute approximate surface area is 255 Å². The highest BCUT2D eigenvalue weighted by Crippen LogP contribution is 2.33. The van der Waals surface area contributed by atoms with Crippen molar-refractivity contribution in [3.8, 4) is 0 Å². The topological polar surface area (TPSA) is 97.0 Å². The average molecular weight is 618 g/mol. The van der Waals surface area contributed by atoms with Gasteiger partial charge in [0.05, 0.1) is 35.5 Å². The van der Waals surface area contributed by atoms with Gasteiger partial charge in [-0.05, 0) is 101 Å². The molecule has 238 valence electrons. The highest BCUT2D eigenvalue weighted by molar-refractivity contribution is 6.11. The first-order chi connectivity index (χ1) is 20.7. The summed E-state index contributed by atoms with van der Waals surface area (Å²) in [6.45, 7) is 10.5. The molecule has 44 heavy (non-hydrogen) atoms. The molecule has 1 fully saturated rings. The van der Waals surface area contributed by atoms with Crippen LogP contribution >= 0.6 is 0 Å². The fraction of sp³-hybridized carbons (Fsp3) is 0.424. The van der Waals surface area contributed by atoms with E-state index in [9.17, 15) is 18.7 Å². The van der Waals surface area contributed by atoms with E-state index in [1.807, 2.05) is 20.8 Å². The number of benzene rings is 2. The fourth-order valence-corrected chi connectivity index (χ4v) is 5.17. The minimum atomic E-state index is -1.62. The second-order valence-electron chi connectivity index (χ2n) is 12.0. The summed E-state index contributed by atoms with van der Waals surface area (Å²) in [5.74, 6) is -4.96. The second-order valence-corrected chi connectivity index (χ2v) is 12.0. The first-order valence-electron chi connectivity index (χ1n) is 14.6. The minimum absolute atomic E-state index is 0.115. The van der Waals surface area contributed by atoms with Crippen LogP contribution in [0.15, 0.2) is 66.2 Å². The number of anilines is 1. The monoisotopic (exact) mass is 617 g/mol. The van der Waals surface area contributed by atoms with Crippen molar-refractivity contribution in [3.05, 3.63) is 101 Å². The highest BCUT2D eigenvalue weighted by atomic mass is 19.1. The third kappa shape index (κ3) is 8.08. The fourth-order valence-electron chi connectivity index (χ4n) is 5.17. The summed E-state index contributed by atoms with van der Waals surface area (Å²) in [4.78, 5) is 13.7. The zero-order valence-corrected chi connectivity index (χ0v) is 25.1. The van der Waals surface area contributed by atoms with Crippen LogP contribution < -0.4 is 16.0 Å². The van der Waals surface area contributed by atoms with Crippen molar-refractivity contribution < 1.29 is 36.9 Å². The molecule has 1 saturated carbocycles. The number of halogens is 4. The molecule has 0 aromatic heterocycles. The van der Waals surface area contributed by atoms with Crippen molar-refractivity contribution in [2.75, 3.05) is 18.1 Å². The largest absolute Gasteiger partial charge is 0.494 e. The van der Waals surface area contributed by atoms with Gasteiger partial charge in [0.2, 0.25) is 0 Å². The van der Waals surface area contributed by atoms with Gasteiger partial charge < -0.3 is 25.6 Å². The molecule has 0 amide bonds. The molecule has 1 heterocycles. The molecule has 2 aromatic rings. The molecule has 7 nitrogen and oxygen atoms in total. The number of carbonyl (C=O) groups excluding carboxylic acids is 1. The molecule has 0 radical (unpaired) electrons. The first-order valence-corrected chi connectivity index (χ1v) is 14.6. The molecule has 4 rings (SSSR count). The molecule has 2 atom stereocenters. The van der Waals surface area contributed by atoms with Crippen LogP contribution in [0.25, 0.3) is 0 Å². The normalized spacial score (nSPS) is 18.2. The van der Waals surface area contributed by atoms with Crippen molar-refractivity contribution in [2.45, 2.75) is 76.9 Å². The molecule has 0 spiro atoms. The van der Waals surface area contributed by atoms with Gasteiger partial charge in [-0.1, -0.05) is 6.58 Å². The molecule has 2 aliphatic rings. The van der Waals surface area contributed by atoms with Gasteiger partial charge in [-0.3, -0.25) is 9.69 Å². The van der Waals surface area contributed by atoms with E-state index >= 15 is 8.78 Å². The molecule has 1 aliphatic carbocycles. The maximum absolute atomic E-state index is 15.4. The van der Waals surface area contributed by atoms with Crippen LogP contribution in [0.2, 0.25) is 0 Å². The standard InChI is InChI=1S/C33H39F4N3O4/c1-19(44-22-7-5-6-8-22)28(18-43-33(2,3)4)39-14-13-20-15-26(36)30(27(37)16-20)40-29(41)12-11-24(32(40)38)31(42)23-10-9-21(34)17-25(23)35/h9-12,15-17,22,28-29,39,41H,1,5-8,13-14,18,38H2,2-4H3/t28-,29-/m0/s1. The molecule has 11 heteroatoms. The minimum Gasteiger partial charge on any atom is -0.494 e. The predicted octanol–water partition coefficient (Wildman–Crippen LogP) is 5.78. The van der Waals surface area contributed by atoms with Gasteiger partial charge in [0.1, 0.15) is 40.5 Å². The lowest BCUT2D eigenvalue weighted by atomic mass is 9.99. The number of allylic oxidation sites excluding steroid dienone is 2. The lowest BCUT2D eigenvalue weighted by molar-refractivity contribution is -0.0204. The Hall–Kier alpha value is -3.67. The van der Waals surface area contributed by atoms with E-state index in [1.54, 1.807) is 0 Å². The maximum Gasteiger partial charge on any atom is 0.199 e. The third-order valence-corrected chi connectivity index (χ3v) is 7.47. The van der Waals surface area contributed by atoms with Crippen LogP contribution in [0.5, 0.6) is 0 Å². The van der Waals surface area contributed by atoms with E-state index in [1.165, 1.54) is 0 Å². The summed E-state index contributed by atoms with van der Waals surface area (Å²) >= 11 is 0. The van der Waals surface area contributed by atoms with Gasteiger partial charge >= 0.3 is 0 Å². The molecule has 1 aliphatic heterocycles. The molecule has 0 bridgehead atoms. The van der Waals surface area contributed by atoms with Gasteiger partial charge in [-0.15, -0.1) is 0 Å². The molecular weight excluding hydrogens is 578 g/mol. The number of nitrogens with zero attached hydrogens (tertiary/aromatic N) is 1. The Kier molecular flexibility index (Phi) is 10.5. The van der Waals surface area contributed by atoms with Crippen LogP contribution in [-0.2, 0) is 15.9 Å². The number of hydrogen-bond acceptors (Lipinski definition) is 7. The second kappa shape index (κ2) is 14.0. The number of aliphatic hydroxyl groups excluding tert-OH is 1. The molecule has 2 aromatic carbocycles. The number of nitrogens with two attached hydrogens (primary N) is 1. The number of aliphatic hydroxyl groups is 1. The number of ether oxygens (including phenoxy) is 2. The quantitative estimate of drug-likeness (QED) is 0.158. The van der Waals surface area contributed by atoms with Crippen molar-refractivity contribution >= 4 is 11.5 Å². The van der Waals surface area contributed by atoms with Crippen molar-refractivity contribution in [2.24, 2.45) is 5.73 Å². The van der Waals surface area contributed by atoms with Gasteiger partial charge in [0.25, 0.3) is 0 Å². The number of Topliss-reactive ketones (excluding diaryl/α,β-unsaturated/α-hetero) is 1. The number of nitrogens with one attached hydrogen (secondary N) is 1. The number of carbonyl (C=O) groups is 1. The van der Waals surface area contributed by atoms with Gasteiger partial charge in [0, 0.05) is 6.07 Å². The van der Waals surface area contributed by atoms with E-state index in [4.69, 9.17) is 15.2 Å². The zero-order valence-electron chi connectivity index (χ0n) is 25.1. The SMILES string of the molecule is C=C(OC1CCCC1)[C@H](COC(C)(C)C)NCCc1cc(F)c(N2C(N)=C(C(=O)c3ccc(F)cc3F)C=C[C@@H]2O)c(F)c1. The molecule has 0 saturated heterocycles. The summed E-state index contributed by atoms with van der Waals surface area (Å²) < 4.78 is 70.5. The Morgan fingerprint density at radius 3 is 2.39 bits per heavy atom.